The van der Waals surface area contributed by atoms with Crippen molar-refractivity contribution in [2.45, 2.75) is 52.3 Å². The molecule has 0 aliphatic heterocycles. The first kappa shape index (κ1) is 26.6. The summed E-state index contributed by atoms with van der Waals surface area (Å²) in [5, 5.41) is 7.75. The van der Waals surface area contributed by atoms with Gasteiger partial charge in [0.25, 0.3) is 5.91 Å². The van der Waals surface area contributed by atoms with Gasteiger partial charge in [-0.1, -0.05) is 74.5 Å². The Balaban J connectivity index is 2.10. The van der Waals surface area contributed by atoms with E-state index >= 15 is 0 Å². The first-order chi connectivity index (χ1) is 16.3. The van der Waals surface area contributed by atoms with Crippen LogP contribution in [0.2, 0.25) is 0 Å². The summed E-state index contributed by atoms with van der Waals surface area (Å²) in [6, 6.07) is 16.3. The molecule has 1 unspecified atom stereocenters. The molecule has 3 N–H and O–H groups in total. The molecule has 182 valence electrons. The lowest BCUT2D eigenvalue weighted by atomic mass is 9.99. The van der Waals surface area contributed by atoms with Crippen molar-refractivity contribution in [3.05, 3.63) is 71.8 Å². The fraction of sp³-hybridized carbons (Fsp3) is 0.385. The minimum atomic E-state index is -1.07. The Kier molecular flexibility index (Phi) is 10.8. The molecule has 2 aromatic carbocycles. The van der Waals surface area contributed by atoms with Gasteiger partial charge in [-0.25, -0.2) is 4.79 Å². The number of likely N-dealkylation sites (N-methyl/N-ethyl adjacent to an activating group) is 1. The molecular weight excluding hydrogens is 434 g/mol. The summed E-state index contributed by atoms with van der Waals surface area (Å²) in [5.41, 5.74) is 1.61. The molecule has 34 heavy (non-hydrogen) atoms. The van der Waals surface area contributed by atoms with Crippen LogP contribution in [0, 0.1) is 5.92 Å². The van der Waals surface area contributed by atoms with Gasteiger partial charge in [-0.05, 0) is 30.4 Å². The molecular formula is C26H33N3O5. The molecule has 0 spiro atoms. The summed E-state index contributed by atoms with van der Waals surface area (Å²) in [7, 11) is 0. The number of rotatable bonds is 12. The number of carbonyl (C=O) groups excluding carboxylic acids is 4. The lowest BCUT2D eigenvalue weighted by molar-refractivity contribution is -0.140. The van der Waals surface area contributed by atoms with E-state index in [2.05, 4.69) is 16.0 Å². The zero-order valence-corrected chi connectivity index (χ0v) is 19.9. The second-order valence-electron chi connectivity index (χ2n) is 8.36. The third-order valence-electron chi connectivity index (χ3n) is 5.01. The predicted molar refractivity (Wildman–Crippen MR) is 129 cm³/mol. The van der Waals surface area contributed by atoms with Crippen LogP contribution in [0.25, 0.3) is 0 Å². The largest absolute Gasteiger partial charge is 0.445 e. The summed E-state index contributed by atoms with van der Waals surface area (Å²) in [6.07, 6.45) is -0.256. The highest BCUT2D eigenvalue weighted by molar-refractivity contribution is 6.38. The lowest BCUT2D eigenvalue weighted by Gasteiger charge is -2.23. The van der Waals surface area contributed by atoms with Crippen molar-refractivity contribution in [1.29, 1.82) is 0 Å². The monoisotopic (exact) mass is 467 g/mol. The standard InChI is InChI=1S/C26H33N3O5/c1-4-27-25(32)23(30)21(16-19-11-7-5-8-12-19)28-24(31)22(15-18(2)3)29-26(33)34-17-20-13-9-6-10-14-20/h5-14,18,21-22H,4,15-17H2,1-3H3,(H,27,32)(H,28,31)(H,29,33)/t21?,22-/m0/s1. The van der Waals surface area contributed by atoms with Gasteiger partial charge in [0.15, 0.2) is 0 Å². The van der Waals surface area contributed by atoms with Crippen LogP contribution in [-0.4, -0.2) is 42.3 Å². The Morgan fingerprint density at radius 1 is 0.824 bits per heavy atom. The second-order valence-corrected chi connectivity index (χ2v) is 8.36. The zero-order chi connectivity index (χ0) is 24.9. The van der Waals surface area contributed by atoms with E-state index in [1.165, 1.54) is 0 Å². The Morgan fingerprint density at radius 3 is 1.97 bits per heavy atom. The van der Waals surface area contributed by atoms with Crippen molar-refractivity contribution >= 4 is 23.7 Å². The first-order valence-corrected chi connectivity index (χ1v) is 11.4. The van der Waals surface area contributed by atoms with Gasteiger partial charge >= 0.3 is 6.09 Å². The highest BCUT2D eigenvalue weighted by Gasteiger charge is 2.30. The third kappa shape index (κ3) is 9.05. The summed E-state index contributed by atoms with van der Waals surface area (Å²) >= 11 is 0. The lowest BCUT2D eigenvalue weighted by Crippen LogP contribution is -2.54. The van der Waals surface area contributed by atoms with Gasteiger partial charge in [0, 0.05) is 13.0 Å². The molecule has 0 saturated heterocycles. The number of hydrogen-bond donors (Lipinski definition) is 3. The second kappa shape index (κ2) is 13.8. The number of ether oxygens (including phenoxy) is 1. The van der Waals surface area contributed by atoms with Crippen molar-refractivity contribution in [3.8, 4) is 0 Å². The van der Waals surface area contributed by atoms with E-state index in [9.17, 15) is 19.2 Å². The molecule has 0 aromatic heterocycles. The Hall–Kier alpha value is -3.68. The van der Waals surface area contributed by atoms with Crippen molar-refractivity contribution in [2.24, 2.45) is 5.92 Å². The Bertz CT molecular complexity index is 947. The van der Waals surface area contributed by atoms with E-state index in [0.29, 0.717) is 13.0 Å². The van der Waals surface area contributed by atoms with Crippen LogP contribution in [0.1, 0.15) is 38.3 Å². The third-order valence-corrected chi connectivity index (χ3v) is 5.01. The van der Waals surface area contributed by atoms with Crippen LogP contribution in [0.5, 0.6) is 0 Å². The SMILES string of the molecule is CCNC(=O)C(=O)C(Cc1ccccc1)NC(=O)[C@H](CC(C)C)NC(=O)OCc1ccccc1. The van der Waals surface area contributed by atoms with E-state index in [1.54, 1.807) is 6.92 Å². The topological polar surface area (TPSA) is 114 Å². The number of ketones is 1. The van der Waals surface area contributed by atoms with Crippen LogP contribution in [0.15, 0.2) is 60.7 Å². The van der Waals surface area contributed by atoms with E-state index in [4.69, 9.17) is 4.74 Å². The predicted octanol–water partition coefficient (Wildman–Crippen LogP) is 2.76. The van der Waals surface area contributed by atoms with Gasteiger partial charge in [0.05, 0.1) is 0 Å². The number of nitrogens with one attached hydrogen (secondary N) is 3. The number of benzene rings is 2. The maximum atomic E-state index is 13.1. The minimum absolute atomic E-state index is 0.0645. The van der Waals surface area contributed by atoms with E-state index in [0.717, 1.165) is 11.1 Å². The fourth-order valence-electron chi connectivity index (χ4n) is 3.35. The molecule has 8 heteroatoms. The van der Waals surface area contributed by atoms with Gasteiger partial charge < -0.3 is 20.7 Å². The summed E-state index contributed by atoms with van der Waals surface area (Å²) in [4.78, 5) is 50.4. The van der Waals surface area contributed by atoms with Crippen molar-refractivity contribution in [3.63, 3.8) is 0 Å². The number of alkyl carbamates (subject to hydrolysis) is 1. The van der Waals surface area contributed by atoms with Crippen molar-refractivity contribution < 1.29 is 23.9 Å². The number of amides is 3. The summed E-state index contributed by atoms with van der Waals surface area (Å²) in [6.45, 7) is 5.90. The molecule has 0 aliphatic carbocycles. The minimum Gasteiger partial charge on any atom is -0.445 e. The maximum absolute atomic E-state index is 13.1. The molecule has 0 heterocycles. The van der Waals surface area contributed by atoms with Gasteiger partial charge in [-0.15, -0.1) is 0 Å². The molecule has 0 aliphatic rings. The average Bonchev–Trinajstić information content (AvgIpc) is 2.82. The first-order valence-electron chi connectivity index (χ1n) is 11.4. The normalized spacial score (nSPS) is 12.4. The van der Waals surface area contributed by atoms with Gasteiger partial charge in [-0.3, -0.25) is 14.4 Å². The number of Topliss-reactive ketones (excluding diaryl/α,β-unsaturated/α-hetero) is 1. The van der Waals surface area contributed by atoms with Crippen LogP contribution in [0.3, 0.4) is 0 Å². The average molecular weight is 468 g/mol. The van der Waals surface area contributed by atoms with Crippen LogP contribution in [0.4, 0.5) is 4.79 Å². The molecule has 3 amide bonds. The highest BCUT2D eigenvalue weighted by Crippen LogP contribution is 2.09. The summed E-state index contributed by atoms with van der Waals surface area (Å²) in [5.74, 6) is -1.98. The number of carbonyl (C=O) groups is 4. The molecule has 0 bridgehead atoms. The quantitative estimate of drug-likeness (QED) is 0.416. The van der Waals surface area contributed by atoms with Gasteiger partial charge in [0.2, 0.25) is 11.7 Å². The Labute approximate surface area is 200 Å². The summed E-state index contributed by atoms with van der Waals surface area (Å²) < 4.78 is 5.25. The molecule has 0 fully saturated rings. The number of hydrogen-bond acceptors (Lipinski definition) is 5. The fourth-order valence-corrected chi connectivity index (χ4v) is 3.35. The van der Waals surface area contributed by atoms with Gasteiger partial charge in [0.1, 0.15) is 18.7 Å². The van der Waals surface area contributed by atoms with E-state index < -0.39 is 35.8 Å². The van der Waals surface area contributed by atoms with Crippen molar-refractivity contribution in [1.82, 2.24) is 16.0 Å². The Morgan fingerprint density at radius 2 is 1.41 bits per heavy atom. The van der Waals surface area contributed by atoms with E-state index in [1.807, 2.05) is 74.5 Å². The molecule has 0 saturated carbocycles. The smallest absolute Gasteiger partial charge is 0.408 e. The molecule has 2 rings (SSSR count). The maximum Gasteiger partial charge on any atom is 0.408 e. The molecule has 8 nitrogen and oxygen atoms in total. The molecule has 0 radical (unpaired) electrons. The highest BCUT2D eigenvalue weighted by atomic mass is 16.5. The van der Waals surface area contributed by atoms with Crippen LogP contribution in [-0.2, 0) is 32.1 Å². The van der Waals surface area contributed by atoms with Gasteiger partial charge in [-0.2, -0.15) is 0 Å². The molecule has 2 atom stereocenters. The van der Waals surface area contributed by atoms with E-state index in [-0.39, 0.29) is 18.9 Å². The van der Waals surface area contributed by atoms with Crippen LogP contribution >= 0.6 is 0 Å². The zero-order valence-electron chi connectivity index (χ0n) is 19.9. The van der Waals surface area contributed by atoms with Crippen LogP contribution < -0.4 is 16.0 Å². The van der Waals surface area contributed by atoms with Crippen molar-refractivity contribution in [2.75, 3.05) is 6.54 Å². The molecule has 2 aromatic rings.